The number of anilines is 1. The Morgan fingerprint density at radius 2 is 2.26 bits per heavy atom. The minimum atomic E-state index is -0.540. The van der Waals surface area contributed by atoms with Crippen molar-refractivity contribution in [3.05, 3.63) is 39.9 Å². The summed E-state index contributed by atoms with van der Waals surface area (Å²) in [6, 6.07) is 5.52. The number of methoxy groups -OCH3 is 1. The Balaban J connectivity index is 2.21. The van der Waals surface area contributed by atoms with E-state index >= 15 is 0 Å². The highest BCUT2D eigenvalue weighted by atomic mass is 16.5. The fraction of sp³-hybridized carbons (Fsp3) is 0.333. The zero-order valence-corrected chi connectivity index (χ0v) is 13.3. The highest BCUT2D eigenvalue weighted by molar-refractivity contribution is 5.85. The van der Waals surface area contributed by atoms with Gasteiger partial charge in [0.25, 0.3) is 0 Å². The predicted molar refractivity (Wildman–Crippen MR) is 87.4 cm³/mol. The molecule has 8 heteroatoms. The second-order valence-corrected chi connectivity index (χ2v) is 4.67. The number of aryl methyl sites for hydroxylation is 1. The van der Waals surface area contributed by atoms with Crippen LogP contribution in [0.25, 0.3) is 0 Å². The maximum Gasteiger partial charge on any atom is 0.363 e. The minimum absolute atomic E-state index is 0.295. The number of nitrogens with zero attached hydrogens (tertiary/aromatic N) is 3. The van der Waals surface area contributed by atoms with Crippen LogP contribution in [0.3, 0.4) is 0 Å². The number of nitrogens with one attached hydrogen (secondary N) is 2. The average Bonchev–Trinajstić information content (AvgIpc) is 2.56. The van der Waals surface area contributed by atoms with E-state index in [1.54, 1.807) is 20.2 Å². The predicted octanol–water partition coefficient (Wildman–Crippen LogP) is 1.72. The van der Waals surface area contributed by atoms with Crippen LogP contribution < -0.4 is 20.6 Å². The summed E-state index contributed by atoms with van der Waals surface area (Å²) in [6.45, 7) is 4.31. The van der Waals surface area contributed by atoms with E-state index in [0.29, 0.717) is 29.6 Å². The quantitative estimate of drug-likeness (QED) is 0.595. The van der Waals surface area contributed by atoms with E-state index in [-0.39, 0.29) is 0 Å². The highest BCUT2D eigenvalue weighted by Gasteiger charge is 2.09. The molecule has 0 unspecified atom stereocenters. The number of ether oxygens (including phenoxy) is 2. The van der Waals surface area contributed by atoms with Crippen LogP contribution in [0.5, 0.6) is 11.5 Å². The van der Waals surface area contributed by atoms with E-state index in [9.17, 15) is 4.79 Å². The molecule has 2 aromatic rings. The Bertz CT molecular complexity index is 742. The molecule has 2 N–H and O–H groups in total. The van der Waals surface area contributed by atoms with Gasteiger partial charge in [-0.3, -0.25) is 5.43 Å². The van der Waals surface area contributed by atoms with Gasteiger partial charge in [-0.15, -0.1) is 0 Å². The number of benzene rings is 1. The Labute approximate surface area is 133 Å². The molecule has 0 fully saturated rings. The molecule has 0 spiro atoms. The highest BCUT2D eigenvalue weighted by Crippen LogP contribution is 2.30. The third-order valence-corrected chi connectivity index (χ3v) is 2.93. The average molecular weight is 317 g/mol. The van der Waals surface area contributed by atoms with E-state index in [1.807, 2.05) is 25.1 Å². The second-order valence-electron chi connectivity index (χ2n) is 4.67. The molecule has 0 bridgehead atoms. The van der Waals surface area contributed by atoms with Gasteiger partial charge in [-0.05, 0) is 25.5 Å². The zero-order chi connectivity index (χ0) is 16.7. The van der Waals surface area contributed by atoms with Crippen LogP contribution in [0.2, 0.25) is 0 Å². The molecule has 0 radical (unpaired) electrons. The largest absolute Gasteiger partial charge is 0.493 e. The van der Waals surface area contributed by atoms with Crippen molar-refractivity contribution in [3.63, 3.8) is 0 Å². The Morgan fingerprint density at radius 1 is 1.43 bits per heavy atom. The van der Waals surface area contributed by atoms with Gasteiger partial charge in [0, 0.05) is 5.56 Å². The van der Waals surface area contributed by atoms with Crippen LogP contribution in [0, 0.1) is 6.92 Å². The Kier molecular flexibility index (Phi) is 5.67. The molecule has 0 aliphatic rings. The monoisotopic (exact) mass is 317 g/mol. The Hall–Kier alpha value is -2.90. The van der Waals surface area contributed by atoms with Crippen LogP contribution in [0.1, 0.15) is 24.6 Å². The topological polar surface area (TPSA) is 101 Å². The molecular weight excluding hydrogens is 298 g/mol. The van der Waals surface area contributed by atoms with E-state index in [0.717, 1.165) is 12.0 Å². The van der Waals surface area contributed by atoms with E-state index < -0.39 is 5.69 Å². The number of hydrogen-bond donors (Lipinski definition) is 2. The zero-order valence-electron chi connectivity index (χ0n) is 13.3. The van der Waals surface area contributed by atoms with Crippen LogP contribution in [-0.2, 0) is 0 Å². The molecule has 0 amide bonds. The van der Waals surface area contributed by atoms with Gasteiger partial charge in [0.15, 0.2) is 17.3 Å². The lowest BCUT2D eigenvalue weighted by Gasteiger charge is -2.12. The summed E-state index contributed by atoms with van der Waals surface area (Å²) in [7, 11) is 1.59. The molecule has 0 saturated heterocycles. The number of para-hydroxylation sites is 1. The molecule has 8 nitrogen and oxygen atoms in total. The van der Waals surface area contributed by atoms with Crippen molar-refractivity contribution in [2.45, 2.75) is 20.3 Å². The minimum Gasteiger partial charge on any atom is -0.493 e. The van der Waals surface area contributed by atoms with Crippen LogP contribution in [-0.4, -0.2) is 35.1 Å². The molecule has 1 heterocycles. The van der Waals surface area contributed by atoms with Crippen molar-refractivity contribution in [3.8, 4) is 11.5 Å². The van der Waals surface area contributed by atoms with E-state index in [2.05, 4.69) is 25.7 Å². The second kappa shape index (κ2) is 7.92. The molecule has 1 aromatic heterocycles. The number of aromatic nitrogens is 3. The smallest absolute Gasteiger partial charge is 0.363 e. The van der Waals surface area contributed by atoms with E-state index in [4.69, 9.17) is 9.47 Å². The van der Waals surface area contributed by atoms with Crippen LogP contribution >= 0.6 is 0 Å². The molecule has 2 rings (SSSR count). The van der Waals surface area contributed by atoms with Crippen molar-refractivity contribution >= 4 is 12.0 Å². The van der Waals surface area contributed by atoms with Gasteiger partial charge >= 0.3 is 5.69 Å². The fourth-order valence-corrected chi connectivity index (χ4v) is 1.81. The van der Waals surface area contributed by atoms with Crippen molar-refractivity contribution in [1.29, 1.82) is 0 Å². The third-order valence-electron chi connectivity index (χ3n) is 2.93. The first-order valence-electron chi connectivity index (χ1n) is 7.18. The first kappa shape index (κ1) is 16.5. The normalized spacial score (nSPS) is 10.7. The number of H-pyrrole nitrogens is 1. The summed E-state index contributed by atoms with van der Waals surface area (Å²) in [5, 5.41) is 10.2. The van der Waals surface area contributed by atoms with Gasteiger partial charge in [-0.2, -0.15) is 15.2 Å². The standard InChI is InChI=1S/C15H19N5O3/c1-4-8-23-13-11(6-5-7-12(13)22-3)9-16-19-14-10(2)18-20-15(21)17-14/h5-7,9H,4,8H2,1-3H3,(H2,17,19,20,21)/b16-9+. The fourth-order valence-electron chi connectivity index (χ4n) is 1.81. The van der Waals surface area contributed by atoms with Gasteiger partial charge in [-0.1, -0.05) is 13.0 Å². The third kappa shape index (κ3) is 4.29. The number of hydrogen-bond acceptors (Lipinski definition) is 7. The first-order valence-corrected chi connectivity index (χ1v) is 7.18. The number of hydrazone groups is 1. The van der Waals surface area contributed by atoms with Crippen molar-refractivity contribution in [2.24, 2.45) is 5.10 Å². The summed E-state index contributed by atoms with van der Waals surface area (Å²) < 4.78 is 11.0. The molecule has 0 saturated carbocycles. The molecule has 0 atom stereocenters. The van der Waals surface area contributed by atoms with Gasteiger partial charge < -0.3 is 9.47 Å². The number of aromatic amines is 1. The van der Waals surface area contributed by atoms with Crippen LogP contribution in [0.15, 0.2) is 28.1 Å². The van der Waals surface area contributed by atoms with Gasteiger partial charge in [0.2, 0.25) is 0 Å². The first-order chi connectivity index (χ1) is 11.2. The molecular formula is C15H19N5O3. The Morgan fingerprint density at radius 3 is 3.00 bits per heavy atom. The van der Waals surface area contributed by atoms with Crippen molar-refractivity contribution in [1.82, 2.24) is 15.2 Å². The lowest BCUT2D eigenvalue weighted by molar-refractivity contribution is 0.294. The summed E-state index contributed by atoms with van der Waals surface area (Å²) in [4.78, 5) is 14.9. The van der Waals surface area contributed by atoms with Gasteiger partial charge in [0.1, 0.15) is 5.69 Å². The molecule has 0 aliphatic carbocycles. The summed E-state index contributed by atoms with van der Waals surface area (Å²) in [5.41, 5.74) is 3.45. The molecule has 122 valence electrons. The van der Waals surface area contributed by atoms with Gasteiger partial charge in [-0.25, -0.2) is 9.89 Å². The van der Waals surface area contributed by atoms with Crippen LogP contribution in [0.4, 0.5) is 5.82 Å². The summed E-state index contributed by atoms with van der Waals surface area (Å²) in [5.74, 6) is 1.55. The maximum atomic E-state index is 11.2. The van der Waals surface area contributed by atoms with Crippen molar-refractivity contribution in [2.75, 3.05) is 19.1 Å². The molecule has 0 aliphatic heterocycles. The molecule has 1 aromatic carbocycles. The lowest BCUT2D eigenvalue weighted by atomic mass is 10.2. The van der Waals surface area contributed by atoms with Crippen molar-refractivity contribution < 1.29 is 9.47 Å². The van der Waals surface area contributed by atoms with E-state index in [1.165, 1.54) is 0 Å². The van der Waals surface area contributed by atoms with Gasteiger partial charge in [0.05, 0.1) is 19.9 Å². The number of rotatable bonds is 7. The SMILES string of the molecule is CCCOc1c(/C=N/Nc2nc(=O)[nH]nc2C)cccc1OC. The summed E-state index contributed by atoms with van der Waals surface area (Å²) in [6.07, 6.45) is 2.46. The molecule has 23 heavy (non-hydrogen) atoms. The summed E-state index contributed by atoms with van der Waals surface area (Å²) >= 11 is 0. The lowest BCUT2D eigenvalue weighted by Crippen LogP contribution is -2.15. The maximum absolute atomic E-state index is 11.2.